The van der Waals surface area contributed by atoms with Gasteiger partial charge in [0, 0.05) is 26.2 Å². The third-order valence-electron chi connectivity index (χ3n) is 5.31. The number of likely N-dealkylation sites (tertiary alicyclic amines) is 2. The van der Waals surface area contributed by atoms with E-state index in [0.29, 0.717) is 25.4 Å². The number of hydrogen-bond acceptors (Lipinski definition) is 4. The lowest BCUT2D eigenvalue weighted by molar-refractivity contribution is -0.146. The summed E-state index contributed by atoms with van der Waals surface area (Å²) in [5, 5.41) is 0. The maximum atomic E-state index is 13.2. The Balaban J connectivity index is 1.70. The third kappa shape index (κ3) is 3.78. The van der Waals surface area contributed by atoms with Crippen molar-refractivity contribution in [2.75, 3.05) is 38.8 Å². The van der Waals surface area contributed by atoms with E-state index in [2.05, 4.69) is 0 Å². The van der Waals surface area contributed by atoms with Crippen LogP contribution in [0.25, 0.3) is 0 Å². The fraction of sp³-hybridized carbons (Fsp3) is 0.579. The van der Waals surface area contributed by atoms with Crippen LogP contribution < -0.4 is 4.74 Å². The molecular weight excluding hydrogens is 336 g/mol. The Hall–Kier alpha value is -1.69. The van der Waals surface area contributed by atoms with Crippen molar-refractivity contribution in [3.63, 3.8) is 0 Å². The molecule has 0 unspecified atom stereocenters. The van der Waals surface area contributed by atoms with E-state index in [1.807, 2.05) is 40.3 Å². The molecule has 0 aliphatic carbocycles. The predicted octanol–water partition coefficient (Wildman–Crippen LogP) is 2.40. The Morgan fingerprint density at radius 2 is 2.16 bits per heavy atom. The molecule has 2 fully saturated rings. The van der Waals surface area contributed by atoms with Gasteiger partial charge < -0.3 is 14.5 Å². The van der Waals surface area contributed by atoms with Gasteiger partial charge in [-0.15, -0.1) is 0 Å². The van der Waals surface area contributed by atoms with Crippen molar-refractivity contribution in [1.29, 1.82) is 0 Å². The second-order valence-electron chi connectivity index (χ2n) is 6.96. The lowest BCUT2D eigenvalue weighted by Gasteiger charge is -2.39. The number of benzene rings is 1. The molecule has 5 nitrogen and oxygen atoms in total. The highest BCUT2D eigenvalue weighted by Gasteiger charge is 2.49. The third-order valence-corrected chi connectivity index (χ3v) is 5.84. The fourth-order valence-electron chi connectivity index (χ4n) is 3.97. The van der Waals surface area contributed by atoms with Crippen molar-refractivity contribution < 1.29 is 14.3 Å². The van der Waals surface area contributed by atoms with Gasteiger partial charge in [-0.1, -0.05) is 12.1 Å². The number of carbonyl (C=O) groups excluding carboxylic acids is 2. The van der Waals surface area contributed by atoms with Crippen molar-refractivity contribution in [3.05, 3.63) is 29.8 Å². The summed E-state index contributed by atoms with van der Waals surface area (Å²) in [5.74, 6) is 1.67. The van der Waals surface area contributed by atoms with Crippen LogP contribution in [0.4, 0.5) is 0 Å². The number of piperidine rings is 1. The Morgan fingerprint density at radius 3 is 2.92 bits per heavy atom. The number of hydrogen-bond donors (Lipinski definition) is 0. The molecule has 136 valence electrons. The lowest BCUT2D eigenvalue weighted by atomic mass is 9.78. The van der Waals surface area contributed by atoms with Crippen molar-refractivity contribution in [1.82, 2.24) is 9.80 Å². The van der Waals surface area contributed by atoms with Crippen LogP contribution in [0.1, 0.15) is 24.8 Å². The van der Waals surface area contributed by atoms with Gasteiger partial charge in [0.2, 0.25) is 11.8 Å². The molecule has 3 rings (SSSR count). The minimum Gasteiger partial charge on any atom is -0.497 e. The summed E-state index contributed by atoms with van der Waals surface area (Å²) in [6, 6.07) is 7.88. The molecule has 1 aromatic carbocycles. The molecule has 2 saturated heterocycles. The number of carbonyl (C=O) groups is 2. The minimum absolute atomic E-state index is 0.155. The van der Waals surface area contributed by atoms with E-state index in [0.717, 1.165) is 37.1 Å². The molecule has 1 spiro atoms. The number of thioether (sulfide) groups is 1. The molecule has 2 amide bonds. The van der Waals surface area contributed by atoms with Crippen LogP contribution in [-0.4, -0.2) is 60.4 Å². The molecule has 0 bridgehead atoms. The van der Waals surface area contributed by atoms with Crippen LogP contribution in [0.5, 0.6) is 5.75 Å². The zero-order valence-corrected chi connectivity index (χ0v) is 15.8. The molecule has 6 heteroatoms. The van der Waals surface area contributed by atoms with Crippen LogP contribution in [0.15, 0.2) is 24.3 Å². The molecule has 1 atom stereocenters. The van der Waals surface area contributed by atoms with Gasteiger partial charge in [-0.05, 0) is 43.2 Å². The molecule has 25 heavy (non-hydrogen) atoms. The Bertz CT molecular complexity index is 651. The molecule has 0 saturated carbocycles. The van der Waals surface area contributed by atoms with E-state index in [1.165, 1.54) is 11.8 Å². The highest BCUT2D eigenvalue weighted by Crippen LogP contribution is 2.40. The maximum absolute atomic E-state index is 13.2. The monoisotopic (exact) mass is 362 g/mol. The van der Waals surface area contributed by atoms with Crippen molar-refractivity contribution in [3.8, 4) is 5.75 Å². The summed E-state index contributed by atoms with van der Waals surface area (Å²) >= 11 is 1.54. The topological polar surface area (TPSA) is 49.9 Å². The number of rotatable bonds is 5. The molecule has 0 N–H and O–H groups in total. The summed E-state index contributed by atoms with van der Waals surface area (Å²) in [4.78, 5) is 29.2. The summed E-state index contributed by atoms with van der Waals surface area (Å²) < 4.78 is 5.28. The quantitative estimate of drug-likeness (QED) is 0.807. The van der Waals surface area contributed by atoms with E-state index >= 15 is 0 Å². The Morgan fingerprint density at radius 1 is 1.32 bits per heavy atom. The summed E-state index contributed by atoms with van der Waals surface area (Å²) in [6.45, 7) is 2.69. The standard InChI is InChI=1S/C19H26N2O3S/c1-24-16-6-3-5-15(11-16)12-20-9-4-7-19(18(20)23)8-10-21(14-19)17(22)13-25-2/h3,5-6,11H,4,7-10,12-14H2,1-2H3/t19-/m1/s1. The Kier molecular flexibility index (Phi) is 5.57. The smallest absolute Gasteiger partial charge is 0.232 e. The van der Waals surface area contributed by atoms with Gasteiger partial charge in [-0.25, -0.2) is 0 Å². The van der Waals surface area contributed by atoms with Crippen molar-refractivity contribution in [2.24, 2.45) is 5.41 Å². The molecular formula is C19H26N2O3S. The molecule has 2 aliphatic rings. The fourth-order valence-corrected chi connectivity index (χ4v) is 4.40. The van der Waals surface area contributed by atoms with E-state index in [9.17, 15) is 9.59 Å². The van der Waals surface area contributed by atoms with Crippen LogP contribution >= 0.6 is 11.8 Å². The van der Waals surface area contributed by atoms with Gasteiger partial charge in [-0.2, -0.15) is 11.8 Å². The van der Waals surface area contributed by atoms with Crippen LogP contribution in [0.2, 0.25) is 0 Å². The van der Waals surface area contributed by atoms with E-state index in [-0.39, 0.29) is 17.2 Å². The van der Waals surface area contributed by atoms with Crippen molar-refractivity contribution >= 4 is 23.6 Å². The normalized spacial score (nSPS) is 23.4. The van der Waals surface area contributed by atoms with Gasteiger partial charge in [0.05, 0.1) is 18.3 Å². The summed E-state index contributed by atoms with van der Waals surface area (Å²) in [7, 11) is 1.65. The second-order valence-corrected chi connectivity index (χ2v) is 7.83. The van der Waals surface area contributed by atoms with Gasteiger partial charge in [0.1, 0.15) is 5.75 Å². The van der Waals surface area contributed by atoms with E-state index < -0.39 is 0 Å². The zero-order chi connectivity index (χ0) is 17.9. The number of amides is 2. The van der Waals surface area contributed by atoms with Gasteiger partial charge in [0.25, 0.3) is 0 Å². The van der Waals surface area contributed by atoms with E-state index in [4.69, 9.17) is 4.74 Å². The first kappa shape index (κ1) is 18.1. The van der Waals surface area contributed by atoms with Gasteiger partial charge in [0.15, 0.2) is 0 Å². The second kappa shape index (κ2) is 7.68. The first-order valence-electron chi connectivity index (χ1n) is 8.77. The first-order chi connectivity index (χ1) is 12.1. The number of nitrogens with zero attached hydrogens (tertiary/aromatic N) is 2. The average Bonchev–Trinajstić information content (AvgIpc) is 3.05. The Labute approximate surface area is 153 Å². The summed E-state index contributed by atoms with van der Waals surface area (Å²) in [5.41, 5.74) is 0.712. The van der Waals surface area contributed by atoms with Crippen LogP contribution in [0, 0.1) is 5.41 Å². The van der Waals surface area contributed by atoms with Gasteiger partial charge in [-0.3, -0.25) is 9.59 Å². The van der Waals surface area contributed by atoms with Crippen molar-refractivity contribution in [2.45, 2.75) is 25.8 Å². The highest BCUT2D eigenvalue weighted by atomic mass is 32.2. The maximum Gasteiger partial charge on any atom is 0.232 e. The SMILES string of the molecule is COc1cccc(CN2CCC[C@]3(CCN(C(=O)CSC)C3)C2=O)c1. The largest absolute Gasteiger partial charge is 0.497 e. The molecule has 2 heterocycles. The minimum atomic E-state index is -0.370. The molecule has 0 radical (unpaired) electrons. The predicted molar refractivity (Wildman–Crippen MR) is 99.7 cm³/mol. The molecule has 0 aromatic heterocycles. The summed E-state index contributed by atoms with van der Waals surface area (Å²) in [6.07, 6.45) is 4.62. The molecule has 2 aliphatic heterocycles. The highest BCUT2D eigenvalue weighted by molar-refractivity contribution is 7.99. The average molecular weight is 362 g/mol. The zero-order valence-electron chi connectivity index (χ0n) is 15.0. The number of ether oxygens (including phenoxy) is 1. The van der Waals surface area contributed by atoms with Gasteiger partial charge >= 0.3 is 0 Å². The van der Waals surface area contributed by atoms with E-state index in [1.54, 1.807) is 7.11 Å². The van der Waals surface area contributed by atoms with Crippen LogP contribution in [-0.2, 0) is 16.1 Å². The first-order valence-corrected chi connectivity index (χ1v) is 10.2. The lowest BCUT2D eigenvalue weighted by Crippen LogP contribution is -2.50. The van der Waals surface area contributed by atoms with Crippen LogP contribution in [0.3, 0.4) is 0 Å². The molecule has 1 aromatic rings. The number of methoxy groups -OCH3 is 1.